The van der Waals surface area contributed by atoms with Crippen LogP contribution in [0, 0.1) is 0 Å². The molecule has 5 heteroatoms. The molecule has 0 saturated carbocycles. The van der Waals surface area contributed by atoms with Gasteiger partial charge < -0.3 is 18.9 Å². The normalized spacial score (nSPS) is 10.7. The standard InChI is InChI=1S/C38H30O4S/c1-39-35-25-29(27-13-19-33(20-14-27)41-31-9-5-3-6-10-31)17-23-37(35)43-38-24-18-30(26-36(38)40-2)28-15-21-34(22-16-28)42-32-11-7-4-8-12-32/h3-26H,1-2H3. The van der Waals surface area contributed by atoms with Gasteiger partial charge in [-0.15, -0.1) is 0 Å². The minimum atomic E-state index is 0.793. The summed E-state index contributed by atoms with van der Waals surface area (Å²) < 4.78 is 23.5. The van der Waals surface area contributed by atoms with E-state index in [1.807, 2.05) is 84.9 Å². The van der Waals surface area contributed by atoms with Crippen LogP contribution in [0.4, 0.5) is 0 Å². The van der Waals surface area contributed by atoms with Crippen LogP contribution in [0.5, 0.6) is 34.5 Å². The van der Waals surface area contributed by atoms with E-state index in [4.69, 9.17) is 18.9 Å². The fourth-order valence-corrected chi connectivity index (χ4v) is 5.66. The molecule has 0 fully saturated rings. The van der Waals surface area contributed by atoms with Crippen LogP contribution in [0.25, 0.3) is 22.3 Å². The summed E-state index contributed by atoms with van der Waals surface area (Å²) in [5.74, 6) is 4.81. The fraction of sp³-hybridized carbons (Fsp3) is 0.0526. The van der Waals surface area contributed by atoms with Gasteiger partial charge in [-0.1, -0.05) is 84.6 Å². The van der Waals surface area contributed by atoms with Gasteiger partial charge in [0.2, 0.25) is 0 Å². The zero-order valence-electron chi connectivity index (χ0n) is 23.9. The SMILES string of the molecule is COc1cc(-c2ccc(Oc3ccccc3)cc2)ccc1Sc1ccc(-c2ccc(Oc3ccccc3)cc2)cc1OC. The Morgan fingerprint density at radius 1 is 0.372 bits per heavy atom. The molecule has 0 aromatic heterocycles. The first kappa shape index (κ1) is 28.0. The van der Waals surface area contributed by atoms with Crippen molar-refractivity contribution in [3.8, 4) is 56.8 Å². The van der Waals surface area contributed by atoms with Gasteiger partial charge in [0.1, 0.15) is 34.5 Å². The predicted molar refractivity (Wildman–Crippen MR) is 174 cm³/mol. The van der Waals surface area contributed by atoms with Crippen LogP contribution in [0.1, 0.15) is 0 Å². The van der Waals surface area contributed by atoms with Crippen LogP contribution in [0.15, 0.2) is 155 Å². The third-order valence-electron chi connectivity index (χ3n) is 6.88. The first-order valence-electron chi connectivity index (χ1n) is 13.9. The highest BCUT2D eigenvalue weighted by molar-refractivity contribution is 7.99. The highest BCUT2D eigenvalue weighted by Gasteiger charge is 2.13. The minimum Gasteiger partial charge on any atom is -0.496 e. The van der Waals surface area contributed by atoms with Crippen LogP contribution in [0.2, 0.25) is 0 Å². The molecule has 43 heavy (non-hydrogen) atoms. The summed E-state index contributed by atoms with van der Waals surface area (Å²) in [7, 11) is 3.40. The van der Waals surface area contributed by atoms with Gasteiger partial charge in [0.25, 0.3) is 0 Å². The predicted octanol–water partition coefficient (Wildman–Crippen LogP) is 10.8. The molecule has 0 spiro atoms. The number of hydrogen-bond donors (Lipinski definition) is 0. The highest BCUT2D eigenvalue weighted by Crippen LogP contribution is 2.42. The Balaban J connectivity index is 1.17. The van der Waals surface area contributed by atoms with Gasteiger partial charge in [-0.2, -0.15) is 0 Å². The van der Waals surface area contributed by atoms with Gasteiger partial charge in [0, 0.05) is 0 Å². The largest absolute Gasteiger partial charge is 0.496 e. The number of ether oxygens (including phenoxy) is 4. The molecule has 0 N–H and O–H groups in total. The lowest BCUT2D eigenvalue weighted by atomic mass is 10.1. The van der Waals surface area contributed by atoms with E-state index in [2.05, 4.69) is 60.7 Å². The van der Waals surface area contributed by atoms with E-state index in [-0.39, 0.29) is 0 Å². The smallest absolute Gasteiger partial charge is 0.133 e. The van der Waals surface area contributed by atoms with E-state index >= 15 is 0 Å². The summed E-state index contributed by atoms with van der Waals surface area (Å²) in [5, 5.41) is 0. The maximum absolute atomic E-state index is 5.94. The highest BCUT2D eigenvalue weighted by atomic mass is 32.2. The Bertz CT molecular complexity index is 1650. The molecule has 0 atom stereocenters. The molecule has 0 saturated heterocycles. The molecule has 0 bridgehead atoms. The lowest BCUT2D eigenvalue weighted by molar-refractivity contribution is 0.402. The molecular formula is C38H30O4S. The fourth-order valence-electron chi connectivity index (χ4n) is 4.66. The summed E-state index contributed by atoms with van der Waals surface area (Å²) >= 11 is 1.62. The van der Waals surface area contributed by atoms with Crippen LogP contribution >= 0.6 is 11.8 Å². The summed E-state index contributed by atoms with van der Waals surface area (Å²) in [4.78, 5) is 2.01. The molecule has 0 aliphatic rings. The van der Waals surface area contributed by atoms with Crippen LogP contribution in [-0.2, 0) is 0 Å². The molecule has 0 unspecified atom stereocenters. The molecule has 6 aromatic carbocycles. The van der Waals surface area contributed by atoms with Crippen molar-refractivity contribution in [1.82, 2.24) is 0 Å². The molecule has 0 amide bonds. The molecule has 6 rings (SSSR count). The van der Waals surface area contributed by atoms with Crippen LogP contribution in [-0.4, -0.2) is 14.2 Å². The second-order valence-electron chi connectivity index (χ2n) is 9.71. The maximum Gasteiger partial charge on any atom is 0.133 e. The number of benzene rings is 6. The summed E-state index contributed by atoms with van der Waals surface area (Å²) in [5.41, 5.74) is 4.29. The number of methoxy groups -OCH3 is 2. The maximum atomic E-state index is 5.94. The molecule has 6 aromatic rings. The Kier molecular flexibility index (Phi) is 8.62. The molecule has 0 heterocycles. The average Bonchev–Trinajstić information content (AvgIpc) is 3.07. The second-order valence-corrected chi connectivity index (χ2v) is 10.8. The number of para-hydroxylation sites is 2. The Labute approximate surface area is 256 Å². The first-order valence-corrected chi connectivity index (χ1v) is 14.7. The topological polar surface area (TPSA) is 36.9 Å². The molecule has 212 valence electrons. The zero-order valence-corrected chi connectivity index (χ0v) is 24.7. The van der Waals surface area contributed by atoms with Crippen LogP contribution < -0.4 is 18.9 Å². The average molecular weight is 583 g/mol. The van der Waals surface area contributed by atoms with Gasteiger partial charge in [-0.3, -0.25) is 0 Å². The van der Waals surface area contributed by atoms with Gasteiger partial charge in [-0.25, -0.2) is 0 Å². The minimum absolute atomic E-state index is 0.793. The molecule has 4 nitrogen and oxygen atoms in total. The molecular weight excluding hydrogens is 552 g/mol. The van der Waals surface area contributed by atoms with E-state index in [9.17, 15) is 0 Å². The monoisotopic (exact) mass is 582 g/mol. The van der Waals surface area contributed by atoms with Gasteiger partial charge in [-0.05, 0) is 95.1 Å². The number of hydrogen-bond acceptors (Lipinski definition) is 5. The lowest BCUT2D eigenvalue weighted by Gasteiger charge is -2.14. The van der Waals surface area contributed by atoms with Gasteiger partial charge in [0.05, 0.1) is 24.0 Å². The van der Waals surface area contributed by atoms with Gasteiger partial charge >= 0.3 is 0 Å². The van der Waals surface area contributed by atoms with Crippen molar-refractivity contribution in [3.05, 3.63) is 146 Å². The van der Waals surface area contributed by atoms with Crippen LogP contribution in [0.3, 0.4) is 0 Å². The number of rotatable bonds is 10. The van der Waals surface area contributed by atoms with E-state index in [1.54, 1.807) is 26.0 Å². The Morgan fingerprint density at radius 3 is 1.09 bits per heavy atom. The van der Waals surface area contributed by atoms with Crippen molar-refractivity contribution in [2.45, 2.75) is 9.79 Å². The van der Waals surface area contributed by atoms with Crippen molar-refractivity contribution >= 4 is 11.8 Å². The second kappa shape index (κ2) is 13.2. The Hall–Kier alpha value is -5.13. The third kappa shape index (κ3) is 6.85. The van der Waals surface area contributed by atoms with E-state index in [0.29, 0.717) is 0 Å². The van der Waals surface area contributed by atoms with E-state index < -0.39 is 0 Å². The van der Waals surface area contributed by atoms with Crippen molar-refractivity contribution in [2.24, 2.45) is 0 Å². The lowest BCUT2D eigenvalue weighted by Crippen LogP contribution is -1.91. The summed E-state index contributed by atoms with van der Waals surface area (Å²) in [6.45, 7) is 0. The van der Waals surface area contributed by atoms with Crippen molar-refractivity contribution in [3.63, 3.8) is 0 Å². The third-order valence-corrected chi connectivity index (χ3v) is 7.99. The quantitative estimate of drug-likeness (QED) is 0.161. The molecule has 0 radical (unpaired) electrons. The van der Waals surface area contributed by atoms with E-state index in [1.165, 1.54) is 0 Å². The van der Waals surface area contributed by atoms with Crippen molar-refractivity contribution in [2.75, 3.05) is 14.2 Å². The molecule has 0 aliphatic heterocycles. The summed E-state index contributed by atoms with van der Waals surface area (Å²) in [6.07, 6.45) is 0. The zero-order chi connectivity index (χ0) is 29.4. The summed E-state index contributed by atoms with van der Waals surface area (Å²) in [6, 6.07) is 48.2. The first-order chi connectivity index (χ1) is 21.2. The molecule has 0 aliphatic carbocycles. The van der Waals surface area contributed by atoms with E-state index in [0.717, 1.165) is 66.5 Å². The van der Waals surface area contributed by atoms with Crippen molar-refractivity contribution < 1.29 is 18.9 Å². The van der Waals surface area contributed by atoms with Gasteiger partial charge in [0.15, 0.2) is 0 Å². The Morgan fingerprint density at radius 2 is 0.721 bits per heavy atom. The van der Waals surface area contributed by atoms with Crippen molar-refractivity contribution in [1.29, 1.82) is 0 Å².